The van der Waals surface area contributed by atoms with Crippen molar-refractivity contribution in [1.82, 2.24) is 4.98 Å². The Morgan fingerprint density at radius 1 is 1.37 bits per heavy atom. The van der Waals surface area contributed by atoms with Crippen molar-refractivity contribution in [3.63, 3.8) is 0 Å². The van der Waals surface area contributed by atoms with Crippen molar-refractivity contribution in [2.24, 2.45) is 5.73 Å². The van der Waals surface area contributed by atoms with Gasteiger partial charge in [0.2, 0.25) is 0 Å². The van der Waals surface area contributed by atoms with Crippen LogP contribution in [0.4, 0.5) is 0 Å². The minimum absolute atomic E-state index is 0. The van der Waals surface area contributed by atoms with Gasteiger partial charge in [0.05, 0.1) is 6.61 Å². The molecule has 0 saturated carbocycles. The summed E-state index contributed by atoms with van der Waals surface area (Å²) in [5.41, 5.74) is 7.95. The number of nitrogens with zero attached hydrogens (tertiary/aromatic N) is 1. The van der Waals surface area contributed by atoms with Crippen LogP contribution in [0.2, 0.25) is 0 Å². The van der Waals surface area contributed by atoms with Gasteiger partial charge in [-0.25, -0.2) is 9.78 Å². The summed E-state index contributed by atoms with van der Waals surface area (Å²) in [6.45, 7) is 2.65. The maximum atomic E-state index is 11.5. The van der Waals surface area contributed by atoms with Gasteiger partial charge in [0.25, 0.3) is 0 Å². The molecule has 1 heterocycles. The molecule has 0 radical (unpaired) electrons. The van der Waals surface area contributed by atoms with Crippen LogP contribution in [0.15, 0.2) is 29.6 Å². The molecule has 19 heavy (non-hydrogen) atoms. The standard InChI is InChI=1S/C13H14N2O2S.BrH/c1-2-17-13(16)11-8-18-12(15-11)10-5-3-9(7-14)4-6-10;/h3-6,8H,2,7,14H2,1H3;1H. The molecule has 0 bridgehead atoms. The number of thiazole rings is 1. The first-order chi connectivity index (χ1) is 8.74. The number of halogens is 1. The number of carbonyl (C=O) groups excluding carboxylic acids is 1. The van der Waals surface area contributed by atoms with E-state index in [-0.39, 0.29) is 23.0 Å². The normalized spacial score (nSPS) is 9.79. The van der Waals surface area contributed by atoms with E-state index in [1.165, 1.54) is 11.3 Å². The van der Waals surface area contributed by atoms with E-state index in [0.29, 0.717) is 18.8 Å². The van der Waals surface area contributed by atoms with E-state index in [9.17, 15) is 4.79 Å². The molecule has 0 fully saturated rings. The summed E-state index contributed by atoms with van der Waals surface area (Å²) in [6.07, 6.45) is 0. The van der Waals surface area contributed by atoms with Crippen LogP contribution in [0, 0.1) is 0 Å². The molecule has 2 N–H and O–H groups in total. The zero-order valence-electron chi connectivity index (χ0n) is 10.5. The lowest BCUT2D eigenvalue weighted by Gasteiger charge is -1.99. The van der Waals surface area contributed by atoms with Gasteiger partial charge in [0, 0.05) is 17.5 Å². The molecule has 6 heteroatoms. The number of hydrogen-bond donors (Lipinski definition) is 1. The minimum atomic E-state index is -0.376. The molecular formula is C13H15BrN2O2S. The Bertz CT molecular complexity index is 540. The molecule has 1 aromatic carbocycles. The Morgan fingerprint density at radius 3 is 2.63 bits per heavy atom. The lowest BCUT2D eigenvalue weighted by atomic mass is 10.1. The average molecular weight is 343 g/mol. The number of ether oxygens (including phenoxy) is 1. The lowest BCUT2D eigenvalue weighted by Crippen LogP contribution is -2.04. The number of rotatable bonds is 4. The van der Waals surface area contributed by atoms with Gasteiger partial charge in [0.15, 0.2) is 5.69 Å². The summed E-state index contributed by atoms with van der Waals surface area (Å²) in [5, 5.41) is 2.52. The smallest absolute Gasteiger partial charge is 0.357 e. The molecule has 2 aromatic rings. The quantitative estimate of drug-likeness (QED) is 0.867. The van der Waals surface area contributed by atoms with Gasteiger partial charge < -0.3 is 10.5 Å². The monoisotopic (exact) mass is 342 g/mol. The van der Waals surface area contributed by atoms with E-state index < -0.39 is 0 Å². The minimum Gasteiger partial charge on any atom is -0.461 e. The number of carbonyl (C=O) groups is 1. The molecule has 0 saturated heterocycles. The molecule has 0 aliphatic heterocycles. The van der Waals surface area contributed by atoms with Crippen LogP contribution >= 0.6 is 28.3 Å². The third-order valence-electron chi connectivity index (χ3n) is 2.43. The number of hydrogen-bond acceptors (Lipinski definition) is 5. The van der Waals surface area contributed by atoms with Crippen molar-refractivity contribution in [2.75, 3.05) is 6.61 Å². The molecule has 0 atom stereocenters. The summed E-state index contributed by atoms with van der Waals surface area (Å²) < 4.78 is 4.90. The first-order valence-corrected chi connectivity index (χ1v) is 6.54. The highest BCUT2D eigenvalue weighted by Gasteiger charge is 2.12. The molecule has 1 aromatic heterocycles. The molecule has 2 rings (SSSR count). The Kier molecular flexibility index (Phi) is 6.14. The maximum Gasteiger partial charge on any atom is 0.357 e. The Morgan fingerprint density at radius 2 is 2.05 bits per heavy atom. The van der Waals surface area contributed by atoms with Crippen molar-refractivity contribution in [2.45, 2.75) is 13.5 Å². The fourth-order valence-electron chi connectivity index (χ4n) is 1.49. The van der Waals surface area contributed by atoms with Gasteiger partial charge in [-0.05, 0) is 12.5 Å². The summed E-state index contributed by atoms with van der Waals surface area (Å²) in [6, 6.07) is 7.83. The van der Waals surface area contributed by atoms with Gasteiger partial charge in [-0.3, -0.25) is 0 Å². The van der Waals surface area contributed by atoms with Gasteiger partial charge in [-0.15, -0.1) is 28.3 Å². The second kappa shape index (κ2) is 7.37. The average Bonchev–Trinajstić information content (AvgIpc) is 2.89. The molecule has 0 amide bonds. The van der Waals surface area contributed by atoms with Gasteiger partial charge in [-0.2, -0.15) is 0 Å². The van der Waals surface area contributed by atoms with E-state index in [4.69, 9.17) is 10.5 Å². The fourth-order valence-corrected chi connectivity index (χ4v) is 2.28. The SMILES string of the molecule is Br.CCOC(=O)c1csc(-c2ccc(CN)cc2)n1. The highest BCUT2D eigenvalue weighted by Crippen LogP contribution is 2.24. The zero-order chi connectivity index (χ0) is 13.0. The molecule has 0 aliphatic carbocycles. The van der Waals surface area contributed by atoms with Crippen LogP contribution in [0.25, 0.3) is 10.6 Å². The van der Waals surface area contributed by atoms with Crippen molar-refractivity contribution in [1.29, 1.82) is 0 Å². The topological polar surface area (TPSA) is 65.2 Å². The van der Waals surface area contributed by atoms with Crippen molar-refractivity contribution in [3.8, 4) is 10.6 Å². The van der Waals surface area contributed by atoms with Crippen LogP contribution < -0.4 is 5.73 Å². The molecule has 4 nitrogen and oxygen atoms in total. The summed E-state index contributed by atoms with van der Waals surface area (Å²) in [5.74, 6) is -0.376. The van der Waals surface area contributed by atoms with Crippen LogP contribution in [0.3, 0.4) is 0 Å². The first kappa shape index (κ1) is 15.8. The molecule has 102 valence electrons. The van der Waals surface area contributed by atoms with Gasteiger partial charge >= 0.3 is 5.97 Å². The fraction of sp³-hybridized carbons (Fsp3) is 0.231. The number of esters is 1. The Balaban J connectivity index is 0.00000180. The van der Waals surface area contributed by atoms with Crippen LogP contribution in [-0.4, -0.2) is 17.6 Å². The molecule has 0 spiro atoms. The molecular weight excluding hydrogens is 328 g/mol. The van der Waals surface area contributed by atoms with Crippen LogP contribution in [0.1, 0.15) is 23.0 Å². The van der Waals surface area contributed by atoms with Crippen molar-refractivity contribution < 1.29 is 9.53 Å². The van der Waals surface area contributed by atoms with E-state index >= 15 is 0 Å². The molecule has 0 unspecified atom stereocenters. The summed E-state index contributed by atoms with van der Waals surface area (Å²) in [7, 11) is 0. The summed E-state index contributed by atoms with van der Waals surface area (Å²) >= 11 is 1.43. The number of benzene rings is 1. The predicted octanol–water partition coefficient (Wildman–Crippen LogP) is 3.02. The highest BCUT2D eigenvalue weighted by atomic mass is 79.9. The van der Waals surface area contributed by atoms with Crippen molar-refractivity contribution >= 4 is 34.3 Å². The second-order valence-corrected chi connectivity index (χ2v) is 4.52. The first-order valence-electron chi connectivity index (χ1n) is 5.66. The van der Waals surface area contributed by atoms with Crippen LogP contribution in [0.5, 0.6) is 0 Å². The molecule has 0 aliphatic rings. The lowest BCUT2D eigenvalue weighted by molar-refractivity contribution is 0.0520. The predicted molar refractivity (Wildman–Crippen MR) is 81.7 cm³/mol. The van der Waals surface area contributed by atoms with E-state index in [0.717, 1.165) is 16.1 Å². The highest BCUT2D eigenvalue weighted by molar-refractivity contribution is 8.93. The second-order valence-electron chi connectivity index (χ2n) is 3.66. The zero-order valence-corrected chi connectivity index (χ0v) is 13.0. The van der Waals surface area contributed by atoms with Crippen molar-refractivity contribution in [3.05, 3.63) is 40.9 Å². The van der Waals surface area contributed by atoms with E-state index in [1.807, 2.05) is 24.3 Å². The largest absolute Gasteiger partial charge is 0.461 e. The third-order valence-corrected chi connectivity index (χ3v) is 3.32. The number of nitrogens with two attached hydrogens (primary N) is 1. The maximum absolute atomic E-state index is 11.5. The van der Waals surface area contributed by atoms with Crippen LogP contribution in [-0.2, 0) is 11.3 Å². The third kappa shape index (κ3) is 3.86. The van der Waals surface area contributed by atoms with Gasteiger partial charge in [0.1, 0.15) is 5.01 Å². The summed E-state index contributed by atoms with van der Waals surface area (Å²) in [4.78, 5) is 15.8. The van der Waals surface area contributed by atoms with E-state index in [1.54, 1.807) is 12.3 Å². The Hall–Kier alpha value is -1.24. The Labute approximate surface area is 126 Å². The van der Waals surface area contributed by atoms with Gasteiger partial charge in [-0.1, -0.05) is 24.3 Å². The number of aromatic nitrogens is 1. The van der Waals surface area contributed by atoms with E-state index in [2.05, 4.69) is 4.98 Å².